The van der Waals surface area contributed by atoms with Crippen LogP contribution in [0.1, 0.15) is 18.9 Å². The van der Waals surface area contributed by atoms with Gasteiger partial charge in [-0.3, -0.25) is 20.4 Å². The van der Waals surface area contributed by atoms with Crippen molar-refractivity contribution in [3.8, 4) is 11.5 Å². The van der Waals surface area contributed by atoms with Crippen LogP contribution in [0.5, 0.6) is 11.5 Å². The number of aryl methyl sites for hydroxylation is 1. The van der Waals surface area contributed by atoms with Gasteiger partial charge < -0.3 is 9.47 Å². The summed E-state index contributed by atoms with van der Waals surface area (Å²) in [5.74, 6) is 0.366. The Balaban J connectivity index is 1.51. The molecule has 3 aromatic carbocycles. The zero-order chi connectivity index (χ0) is 20.6. The van der Waals surface area contributed by atoms with Gasteiger partial charge in [0.25, 0.3) is 11.8 Å². The van der Waals surface area contributed by atoms with Crippen LogP contribution in [0.3, 0.4) is 0 Å². The van der Waals surface area contributed by atoms with E-state index in [1.165, 1.54) is 0 Å². The monoisotopic (exact) mass is 392 g/mol. The van der Waals surface area contributed by atoms with E-state index in [4.69, 9.17) is 9.47 Å². The molecule has 150 valence electrons. The van der Waals surface area contributed by atoms with Crippen molar-refractivity contribution < 1.29 is 19.1 Å². The molecule has 0 bridgehead atoms. The first kappa shape index (κ1) is 20.2. The quantitative estimate of drug-likeness (QED) is 0.603. The highest BCUT2D eigenvalue weighted by Gasteiger charge is 2.19. The number of rotatable bonds is 7. The molecule has 6 nitrogen and oxygen atoms in total. The van der Waals surface area contributed by atoms with Gasteiger partial charge in [0, 0.05) is 5.39 Å². The number of ether oxygens (including phenoxy) is 2. The number of hydrazine groups is 1. The van der Waals surface area contributed by atoms with Crippen molar-refractivity contribution in [2.24, 2.45) is 0 Å². The lowest BCUT2D eigenvalue weighted by atomic mass is 10.1. The summed E-state index contributed by atoms with van der Waals surface area (Å²) in [5, 5.41) is 1.95. The van der Waals surface area contributed by atoms with Crippen molar-refractivity contribution in [2.75, 3.05) is 6.61 Å². The molecule has 3 aromatic rings. The van der Waals surface area contributed by atoms with Crippen molar-refractivity contribution in [3.05, 3.63) is 72.3 Å². The Labute approximate surface area is 169 Å². The van der Waals surface area contributed by atoms with Gasteiger partial charge >= 0.3 is 0 Å². The number of amides is 2. The highest BCUT2D eigenvalue weighted by atomic mass is 16.5. The standard InChI is InChI=1S/C23H24N2O4/c1-3-19(29-20-13-7-4-9-16(20)2)23(27)25-24-22(26)15-28-21-14-8-11-17-10-5-6-12-18(17)21/h4-14,19H,3,15H2,1-2H3,(H,24,26)(H,25,27). The normalized spacial score (nSPS) is 11.5. The predicted octanol–water partition coefficient (Wildman–Crippen LogP) is 3.53. The number of hydrogen-bond acceptors (Lipinski definition) is 4. The first-order chi connectivity index (χ1) is 14.1. The molecule has 0 spiro atoms. The largest absolute Gasteiger partial charge is 0.483 e. The summed E-state index contributed by atoms with van der Waals surface area (Å²) < 4.78 is 11.4. The maximum Gasteiger partial charge on any atom is 0.279 e. The average molecular weight is 392 g/mol. The third-order valence-electron chi connectivity index (χ3n) is 4.46. The smallest absolute Gasteiger partial charge is 0.279 e. The Morgan fingerprint density at radius 3 is 2.38 bits per heavy atom. The molecular formula is C23H24N2O4. The number of carbonyl (C=O) groups excluding carboxylic acids is 2. The van der Waals surface area contributed by atoms with E-state index in [9.17, 15) is 9.59 Å². The van der Waals surface area contributed by atoms with Crippen LogP contribution in [0.15, 0.2) is 66.7 Å². The molecule has 2 N–H and O–H groups in total. The number of fused-ring (bicyclic) bond motifs is 1. The fourth-order valence-electron chi connectivity index (χ4n) is 2.88. The summed E-state index contributed by atoms with van der Waals surface area (Å²) >= 11 is 0. The average Bonchev–Trinajstić information content (AvgIpc) is 2.75. The molecule has 1 atom stereocenters. The molecule has 1 unspecified atom stereocenters. The van der Waals surface area contributed by atoms with Crippen LogP contribution in [0.25, 0.3) is 10.8 Å². The molecule has 0 aliphatic carbocycles. The van der Waals surface area contributed by atoms with Crippen LogP contribution in [0.4, 0.5) is 0 Å². The zero-order valence-corrected chi connectivity index (χ0v) is 16.5. The van der Waals surface area contributed by atoms with Gasteiger partial charge in [0.15, 0.2) is 12.7 Å². The predicted molar refractivity (Wildman–Crippen MR) is 112 cm³/mol. The summed E-state index contributed by atoms with van der Waals surface area (Å²) in [6.45, 7) is 3.53. The number of para-hydroxylation sites is 1. The third-order valence-corrected chi connectivity index (χ3v) is 4.46. The van der Waals surface area contributed by atoms with Gasteiger partial charge in [-0.15, -0.1) is 0 Å². The molecule has 6 heteroatoms. The maximum atomic E-state index is 12.4. The lowest BCUT2D eigenvalue weighted by Crippen LogP contribution is -2.49. The Hall–Kier alpha value is -3.54. The number of nitrogens with one attached hydrogen (secondary N) is 2. The molecule has 0 aliphatic heterocycles. The second kappa shape index (κ2) is 9.59. The van der Waals surface area contributed by atoms with Crippen LogP contribution in [-0.2, 0) is 9.59 Å². The summed E-state index contributed by atoms with van der Waals surface area (Å²) in [5.41, 5.74) is 5.71. The van der Waals surface area contributed by atoms with E-state index in [0.29, 0.717) is 17.9 Å². The molecule has 0 radical (unpaired) electrons. The van der Waals surface area contributed by atoms with Crippen LogP contribution >= 0.6 is 0 Å². The molecule has 0 fully saturated rings. The summed E-state index contributed by atoms with van der Waals surface area (Å²) in [6, 6.07) is 20.9. The van der Waals surface area contributed by atoms with E-state index >= 15 is 0 Å². The van der Waals surface area contributed by atoms with Gasteiger partial charge in [-0.05, 0) is 36.4 Å². The number of carbonyl (C=O) groups is 2. The highest BCUT2D eigenvalue weighted by Crippen LogP contribution is 2.25. The van der Waals surface area contributed by atoms with E-state index in [1.807, 2.05) is 74.5 Å². The first-order valence-corrected chi connectivity index (χ1v) is 9.50. The Bertz CT molecular complexity index is 998. The minimum Gasteiger partial charge on any atom is -0.483 e. The van der Waals surface area contributed by atoms with Crippen molar-refractivity contribution in [3.63, 3.8) is 0 Å². The lowest BCUT2D eigenvalue weighted by molar-refractivity contribution is -0.134. The van der Waals surface area contributed by atoms with Gasteiger partial charge in [-0.2, -0.15) is 0 Å². The van der Waals surface area contributed by atoms with Crippen molar-refractivity contribution in [1.82, 2.24) is 10.9 Å². The second-order valence-electron chi connectivity index (χ2n) is 6.58. The van der Waals surface area contributed by atoms with Crippen molar-refractivity contribution in [1.29, 1.82) is 0 Å². The van der Waals surface area contributed by atoms with Gasteiger partial charge in [0.05, 0.1) is 0 Å². The maximum absolute atomic E-state index is 12.4. The molecule has 29 heavy (non-hydrogen) atoms. The van der Waals surface area contributed by atoms with Gasteiger partial charge in [0.2, 0.25) is 0 Å². The van der Waals surface area contributed by atoms with Crippen LogP contribution < -0.4 is 20.3 Å². The third kappa shape index (κ3) is 5.25. The summed E-state index contributed by atoms with van der Waals surface area (Å²) in [6.07, 6.45) is -0.252. The first-order valence-electron chi connectivity index (χ1n) is 9.50. The molecule has 0 heterocycles. The second-order valence-corrected chi connectivity index (χ2v) is 6.58. The van der Waals surface area contributed by atoms with Crippen LogP contribution in [-0.4, -0.2) is 24.5 Å². The van der Waals surface area contributed by atoms with E-state index in [-0.39, 0.29) is 6.61 Å². The number of benzene rings is 3. The summed E-state index contributed by atoms with van der Waals surface area (Å²) in [4.78, 5) is 24.4. The molecule has 3 rings (SSSR count). The number of hydrogen-bond donors (Lipinski definition) is 2. The Kier molecular flexibility index (Phi) is 6.68. The van der Waals surface area contributed by atoms with Gasteiger partial charge in [0.1, 0.15) is 11.5 Å². The minimum atomic E-state index is -0.713. The van der Waals surface area contributed by atoms with Crippen molar-refractivity contribution >= 4 is 22.6 Å². The molecule has 2 amide bonds. The fraction of sp³-hybridized carbons (Fsp3) is 0.217. The van der Waals surface area contributed by atoms with Crippen LogP contribution in [0.2, 0.25) is 0 Å². The van der Waals surface area contributed by atoms with Gasteiger partial charge in [-0.1, -0.05) is 61.5 Å². The Morgan fingerprint density at radius 2 is 1.59 bits per heavy atom. The fourth-order valence-corrected chi connectivity index (χ4v) is 2.88. The minimum absolute atomic E-state index is 0.219. The molecule has 0 aliphatic rings. The summed E-state index contributed by atoms with van der Waals surface area (Å²) in [7, 11) is 0. The van der Waals surface area contributed by atoms with Gasteiger partial charge in [-0.25, -0.2) is 0 Å². The van der Waals surface area contributed by atoms with E-state index in [2.05, 4.69) is 10.9 Å². The molecule has 0 saturated carbocycles. The van der Waals surface area contributed by atoms with E-state index in [1.54, 1.807) is 6.07 Å². The van der Waals surface area contributed by atoms with E-state index in [0.717, 1.165) is 16.3 Å². The molecular weight excluding hydrogens is 368 g/mol. The lowest BCUT2D eigenvalue weighted by Gasteiger charge is -2.18. The molecule has 0 aromatic heterocycles. The van der Waals surface area contributed by atoms with Crippen molar-refractivity contribution in [2.45, 2.75) is 26.4 Å². The topological polar surface area (TPSA) is 76.7 Å². The molecule has 0 saturated heterocycles. The highest BCUT2D eigenvalue weighted by molar-refractivity contribution is 5.89. The zero-order valence-electron chi connectivity index (χ0n) is 16.5. The van der Waals surface area contributed by atoms with Crippen LogP contribution in [0, 0.1) is 6.92 Å². The Morgan fingerprint density at radius 1 is 0.897 bits per heavy atom. The SMILES string of the molecule is CCC(Oc1ccccc1C)C(=O)NNC(=O)COc1cccc2ccccc12. The van der Waals surface area contributed by atoms with E-state index < -0.39 is 17.9 Å².